The average molecular weight is 334 g/mol. The first-order valence-electron chi connectivity index (χ1n) is 9.13. The molecule has 2 unspecified atom stereocenters. The number of allylic oxidation sites excluding steroid dienone is 3. The van der Waals surface area contributed by atoms with Gasteiger partial charge in [0.05, 0.1) is 5.69 Å². The SMILES string of the molecule is O=C(C1=CC(c2cn3ccccc3n2)=CCC1)N1CC2CNCC2C1. The number of amides is 1. The highest BCUT2D eigenvalue weighted by Gasteiger charge is 2.38. The minimum atomic E-state index is 0.226. The number of imidazole rings is 1. The zero-order valence-corrected chi connectivity index (χ0v) is 14.2. The fraction of sp³-hybridized carbons (Fsp3) is 0.400. The third kappa shape index (κ3) is 2.59. The fourth-order valence-corrected chi connectivity index (χ4v) is 4.35. The second-order valence-electron chi connectivity index (χ2n) is 7.35. The van der Waals surface area contributed by atoms with Crippen LogP contribution < -0.4 is 5.32 Å². The van der Waals surface area contributed by atoms with Gasteiger partial charge in [0.25, 0.3) is 0 Å². The maximum Gasteiger partial charge on any atom is 0.249 e. The topological polar surface area (TPSA) is 49.6 Å². The van der Waals surface area contributed by atoms with Crippen LogP contribution in [0.1, 0.15) is 18.5 Å². The molecule has 25 heavy (non-hydrogen) atoms. The van der Waals surface area contributed by atoms with Crippen LogP contribution in [0.2, 0.25) is 0 Å². The van der Waals surface area contributed by atoms with E-state index in [1.807, 2.05) is 35.0 Å². The summed E-state index contributed by atoms with van der Waals surface area (Å²) in [6, 6.07) is 5.99. The number of nitrogens with one attached hydrogen (secondary N) is 1. The third-order valence-electron chi connectivity index (χ3n) is 5.72. The molecule has 128 valence electrons. The normalized spacial score (nSPS) is 25.8. The van der Waals surface area contributed by atoms with Crippen molar-refractivity contribution in [3.05, 3.63) is 54.0 Å². The molecule has 0 radical (unpaired) electrons. The van der Waals surface area contributed by atoms with Crippen LogP contribution in [-0.4, -0.2) is 46.4 Å². The molecule has 3 aliphatic rings. The third-order valence-corrected chi connectivity index (χ3v) is 5.72. The van der Waals surface area contributed by atoms with Gasteiger partial charge < -0.3 is 14.6 Å². The molecule has 4 heterocycles. The van der Waals surface area contributed by atoms with E-state index in [-0.39, 0.29) is 5.91 Å². The van der Waals surface area contributed by atoms with E-state index in [0.29, 0.717) is 11.8 Å². The lowest BCUT2D eigenvalue weighted by Crippen LogP contribution is -2.33. The van der Waals surface area contributed by atoms with Gasteiger partial charge in [0, 0.05) is 44.1 Å². The maximum absolute atomic E-state index is 13.0. The lowest BCUT2D eigenvalue weighted by molar-refractivity contribution is -0.126. The molecule has 2 saturated heterocycles. The number of rotatable bonds is 2. The molecule has 0 saturated carbocycles. The zero-order chi connectivity index (χ0) is 16.8. The van der Waals surface area contributed by atoms with Crippen LogP contribution >= 0.6 is 0 Å². The number of hydrogen-bond acceptors (Lipinski definition) is 3. The van der Waals surface area contributed by atoms with Gasteiger partial charge in [-0.1, -0.05) is 12.1 Å². The summed E-state index contributed by atoms with van der Waals surface area (Å²) in [5, 5.41) is 3.43. The Morgan fingerprint density at radius 1 is 1.20 bits per heavy atom. The number of likely N-dealkylation sites (tertiary alicyclic amines) is 1. The van der Waals surface area contributed by atoms with Crippen molar-refractivity contribution < 1.29 is 4.79 Å². The lowest BCUT2D eigenvalue weighted by atomic mass is 9.97. The average Bonchev–Trinajstić information content (AvgIpc) is 3.34. The Kier molecular flexibility index (Phi) is 3.48. The van der Waals surface area contributed by atoms with Gasteiger partial charge in [-0.2, -0.15) is 0 Å². The summed E-state index contributed by atoms with van der Waals surface area (Å²) in [5.74, 6) is 1.51. The Balaban J connectivity index is 1.39. The van der Waals surface area contributed by atoms with Gasteiger partial charge in [0.2, 0.25) is 5.91 Å². The van der Waals surface area contributed by atoms with Crippen molar-refractivity contribution in [3.8, 4) is 0 Å². The van der Waals surface area contributed by atoms with E-state index in [1.165, 1.54) is 0 Å². The number of aromatic nitrogens is 2. The van der Waals surface area contributed by atoms with Crippen LogP contribution in [-0.2, 0) is 4.79 Å². The fourth-order valence-electron chi connectivity index (χ4n) is 4.35. The first-order chi connectivity index (χ1) is 12.3. The summed E-state index contributed by atoms with van der Waals surface area (Å²) >= 11 is 0. The smallest absolute Gasteiger partial charge is 0.249 e. The van der Waals surface area contributed by atoms with Gasteiger partial charge in [-0.15, -0.1) is 0 Å². The Hall–Kier alpha value is -2.40. The van der Waals surface area contributed by atoms with E-state index in [9.17, 15) is 4.79 Å². The van der Waals surface area contributed by atoms with Crippen molar-refractivity contribution in [2.24, 2.45) is 11.8 Å². The minimum absolute atomic E-state index is 0.226. The van der Waals surface area contributed by atoms with Crippen molar-refractivity contribution in [3.63, 3.8) is 0 Å². The number of nitrogens with zero attached hydrogens (tertiary/aromatic N) is 3. The molecular formula is C20H22N4O. The molecule has 0 aromatic carbocycles. The quantitative estimate of drug-likeness (QED) is 0.915. The van der Waals surface area contributed by atoms with E-state index in [2.05, 4.69) is 22.4 Å². The molecule has 2 atom stereocenters. The molecule has 5 rings (SSSR count). The standard InChI is InChI=1S/C20H22N4O/c25-20(24-11-16-9-21-10-17(16)12-24)15-5-3-4-14(8-15)18-13-23-7-2-1-6-19(23)22-18/h1-2,4,6-8,13,16-17,21H,3,5,9-12H2. The van der Waals surface area contributed by atoms with Crippen molar-refractivity contribution in [1.82, 2.24) is 19.6 Å². The van der Waals surface area contributed by atoms with E-state index in [4.69, 9.17) is 4.98 Å². The highest BCUT2D eigenvalue weighted by Crippen LogP contribution is 2.30. The molecule has 5 heteroatoms. The van der Waals surface area contributed by atoms with Gasteiger partial charge in [0.15, 0.2) is 0 Å². The molecular weight excluding hydrogens is 312 g/mol. The van der Waals surface area contributed by atoms with Crippen molar-refractivity contribution >= 4 is 17.1 Å². The van der Waals surface area contributed by atoms with Crippen LogP contribution in [0.15, 0.2) is 48.3 Å². The minimum Gasteiger partial charge on any atom is -0.338 e. The second-order valence-corrected chi connectivity index (χ2v) is 7.35. The largest absolute Gasteiger partial charge is 0.338 e. The Morgan fingerprint density at radius 2 is 2.04 bits per heavy atom. The first kappa shape index (κ1) is 14.9. The predicted octanol–water partition coefficient (Wildman–Crippen LogP) is 2.12. The number of carbonyl (C=O) groups is 1. The van der Waals surface area contributed by atoms with Gasteiger partial charge in [-0.3, -0.25) is 4.79 Å². The van der Waals surface area contributed by atoms with Gasteiger partial charge in [-0.05, 0) is 48.5 Å². The molecule has 2 aliphatic heterocycles. The molecule has 1 aliphatic carbocycles. The summed E-state index contributed by atoms with van der Waals surface area (Å²) in [7, 11) is 0. The molecule has 2 aromatic rings. The molecule has 0 bridgehead atoms. The molecule has 2 fully saturated rings. The summed E-state index contributed by atoms with van der Waals surface area (Å²) in [6.07, 6.45) is 10.0. The number of hydrogen-bond donors (Lipinski definition) is 1. The summed E-state index contributed by atoms with van der Waals surface area (Å²) in [4.78, 5) is 19.7. The summed E-state index contributed by atoms with van der Waals surface area (Å²) in [6.45, 7) is 3.92. The highest BCUT2D eigenvalue weighted by molar-refractivity contribution is 5.97. The molecule has 5 nitrogen and oxygen atoms in total. The Morgan fingerprint density at radius 3 is 2.84 bits per heavy atom. The summed E-state index contributed by atoms with van der Waals surface area (Å²) < 4.78 is 2.02. The van der Waals surface area contributed by atoms with Crippen molar-refractivity contribution in [2.75, 3.05) is 26.2 Å². The van der Waals surface area contributed by atoms with Crippen LogP contribution in [0, 0.1) is 11.8 Å². The Bertz CT molecular complexity index is 849. The molecule has 1 amide bonds. The maximum atomic E-state index is 13.0. The lowest BCUT2D eigenvalue weighted by Gasteiger charge is -2.21. The number of fused-ring (bicyclic) bond motifs is 2. The van der Waals surface area contributed by atoms with Gasteiger partial charge >= 0.3 is 0 Å². The monoisotopic (exact) mass is 334 g/mol. The Labute approximate surface area is 147 Å². The molecule has 1 N–H and O–H groups in total. The predicted molar refractivity (Wildman–Crippen MR) is 96.9 cm³/mol. The van der Waals surface area contributed by atoms with Crippen LogP contribution in [0.4, 0.5) is 0 Å². The zero-order valence-electron chi connectivity index (χ0n) is 14.2. The van der Waals surface area contributed by atoms with Crippen LogP contribution in [0.25, 0.3) is 11.2 Å². The first-order valence-corrected chi connectivity index (χ1v) is 9.13. The summed E-state index contributed by atoms with van der Waals surface area (Å²) in [5.41, 5.74) is 3.88. The van der Waals surface area contributed by atoms with Crippen LogP contribution in [0.3, 0.4) is 0 Å². The number of carbonyl (C=O) groups excluding carboxylic acids is 1. The van der Waals surface area contributed by atoms with Gasteiger partial charge in [0.1, 0.15) is 5.65 Å². The van der Waals surface area contributed by atoms with E-state index in [1.54, 1.807) is 0 Å². The van der Waals surface area contributed by atoms with Crippen LogP contribution in [0.5, 0.6) is 0 Å². The van der Waals surface area contributed by atoms with Crippen molar-refractivity contribution in [1.29, 1.82) is 0 Å². The van der Waals surface area contributed by atoms with Crippen molar-refractivity contribution in [2.45, 2.75) is 12.8 Å². The van der Waals surface area contributed by atoms with E-state index in [0.717, 1.165) is 61.5 Å². The van der Waals surface area contributed by atoms with Gasteiger partial charge in [-0.25, -0.2) is 4.98 Å². The van der Waals surface area contributed by atoms with E-state index >= 15 is 0 Å². The molecule has 0 spiro atoms. The second kappa shape index (κ2) is 5.85. The number of pyridine rings is 1. The molecule has 2 aromatic heterocycles. The highest BCUT2D eigenvalue weighted by atomic mass is 16.2. The van der Waals surface area contributed by atoms with E-state index < -0.39 is 0 Å².